The molecule has 28 heavy (non-hydrogen) atoms. The Morgan fingerprint density at radius 3 is 2.64 bits per heavy atom. The molecule has 4 heterocycles. The van der Waals surface area contributed by atoms with Gasteiger partial charge in [-0.25, -0.2) is 9.97 Å². The second-order valence-electron chi connectivity index (χ2n) is 6.96. The predicted octanol–water partition coefficient (Wildman–Crippen LogP) is 5.76. The van der Waals surface area contributed by atoms with Gasteiger partial charge in [-0.1, -0.05) is 24.9 Å². The smallest absolute Gasteiger partial charge is 0.149 e. The van der Waals surface area contributed by atoms with Crippen LogP contribution in [0, 0.1) is 13.8 Å². The summed E-state index contributed by atoms with van der Waals surface area (Å²) in [6, 6.07) is 10.0. The molecule has 142 valence electrons. The summed E-state index contributed by atoms with van der Waals surface area (Å²) < 4.78 is 2.16. The number of halogens is 1. The summed E-state index contributed by atoms with van der Waals surface area (Å²) in [5.74, 6) is 0.604. The quantitative estimate of drug-likeness (QED) is 0.470. The molecule has 0 fully saturated rings. The Morgan fingerprint density at radius 2 is 1.93 bits per heavy atom. The lowest BCUT2D eigenvalue weighted by atomic mass is 10.1. The van der Waals surface area contributed by atoms with Crippen LogP contribution >= 0.6 is 11.6 Å². The van der Waals surface area contributed by atoms with Gasteiger partial charge < -0.3 is 9.72 Å². The fourth-order valence-electron chi connectivity index (χ4n) is 3.24. The third kappa shape index (κ3) is 3.58. The van der Waals surface area contributed by atoms with Gasteiger partial charge in [0.25, 0.3) is 0 Å². The number of fused-ring (bicyclic) bond motifs is 1. The Balaban J connectivity index is 1.72. The van der Waals surface area contributed by atoms with E-state index >= 15 is 0 Å². The van der Waals surface area contributed by atoms with Gasteiger partial charge >= 0.3 is 0 Å². The van der Waals surface area contributed by atoms with Crippen molar-refractivity contribution < 1.29 is 0 Å². The number of nitrogens with one attached hydrogen (secondary N) is 1. The minimum atomic E-state index is 0.550. The van der Waals surface area contributed by atoms with Crippen molar-refractivity contribution in [3.63, 3.8) is 0 Å². The maximum Gasteiger partial charge on any atom is 0.149 e. The summed E-state index contributed by atoms with van der Waals surface area (Å²) in [4.78, 5) is 13.7. The highest BCUT2D eigenvalue weighted by Gasteiger charge is 2.15. The van der Waals surface area contributed by atoms with E-state index in [-0.39, 0.29) is 0 Å². The van der Waals surface area contributed by atoms with Crippen molar-refractivity contribution in [2.75, 3.05) is 5.32 Å². The standard InChI is InChI=1S/C22H22ClN5/c1-4-5-19-21(27-20-10-14(2)8-9-28(19)20)16-11-18(23)22(25-12-16)26-17-7-6-15(3)24-13-17/h6-13H,4-5H2,1-3H3,(H,25,26). The Kier molecular flexibility index (Phi) is 5.01. The molecular weight excluding hydrogens is 370 g/mol. The van der Waals surface area contributed by atoms with Crippen LogP contribution in [0.25, 0.3) is 16.9 Å². The number of hydrogen-bond donors (Lipinski definition) is 1. The molecule has 0 aliphatic rings. The summed E-state index contributed by atoms with van der Waals surface area (Å²) in [6.07, 6.45) is 7.65. The Bertz CT molecular complexity index is 1130. The molecule has 0 amide bonds. The van der Waals surface area contributed by atoms with Crippen LogP contribution in [0.2, 0.25) is 5.02 Å². The number of imidazole rings is 1. The van der Waals surface area contributed by atoms with Gasteiger partial charge in [0.1, 0.15) is 11.5 Å². The monoisotopic (exact) mass is 391 g/mol. The van der Waals surface area contributed by atoms with Crippen LogP contribution in [0.3, 0.4) is 0 Å². The summed E-state index contributed by atoms with van der Waals surface area (Å²) >= 11 is 6.53. The SMILES string of the molecule is CCCc1c(-c2cnc(Nc3ccc(C)nc3)c(Cl)c2)nc2cc(C)ccn12. The number of aryl methyl sites for hydroxylation is 3. The van der Waals surface area contributed by atoms with E-state index in [1.165, 1.54) is 11.3 Å². The fraction of sp³-hybridized carbons (Fsp3) is 0.227. The van der Waals surface area contributed by atoms with Crippen molar-refractivity contribution in [2.24, 2.45) is 0 Å². The van der Waals surface area contributed by atoms with Crippen molar-refractivity contribution in [2.45, 2.75) is 33.6 Å². The first-order valence-electron chi connectivity index (χ1n) is 9.38. The van der Waals surface area contributed by atoms with E-state index in [4.69, 9.17) is 16.6 Å². The second-order valence-corrected chi connectivity index (χ2v) is 7.36. The van der Waals surface area contributed by atoms with E-state index in [2.05, 4.69) is 51.9 Å². The van der Waals surface area contributed by atoms with E-state index in [1.54, 1.807) is 6.20 Å². The van der Waals surface area contributed by atoms with Gasteiger partial charge in [0, 0.05) is 23.7 Å². The fourth-order valence-corrected chi connectivity index (χ4v) is 3.46. The predicted molar refractivity (Wildman–Crippen MR) is 114 cm³/mol. The molecule has 0 bridgehead atoms. The molecule has 0 saturated heterocycles. The average Bonchev–Trinajstić information content (AvgIpc) is 3.03. The third-order valence-corrected chi connectivity index (χ3v) is 4.94. The van der Waals surface area contributed by atoms with Crippen LogP contribution in [0.4, 0.5) is 11.5 Å². The molecule has 4 aromatic heterocycles. The second kappa shape index (κ2) is 7.60. The Hall–Kier alpha value is -2.92. The van der Waals surface area contributed by atoms with Gasteiger partial charge in [-0.05, 0) is 56.2 Å². The van der Waals surface area contributed by atoms with E-state index in [0.29, 0.717) is 10.8 Å². The number of hydrogen-bond acceptors (Lipinski definition) is 4. The maximum absolute atomic E-state index is 6.53. The molecule has 0 saturated carbocycles. The molecule has 4 aromatic rings. The molecule has 0 aliphatic carbocycles. The molecule has 0 aliphatic heterocycles. The van der Waals surface area contributed by atoms with Crippen LogP contribution in [-0.4, -0.2) is 19.4 Å². The molecule has 0 radical (unpaired) electrons. The van der Waals surface area contributed by atoms with Gasteiger partial charge in [0.05, 0.1) is 28.3 Å². The first kappa shape index (κ1) is 18.4. The van der Waals surface area contributed by atoms with Gasteiger partial charge in [-0.2, -0.15) is 0 Å². The number of aromatic nitrogens is 4. The Morgan fingerprint density at radius 1 is 1.07 bits per heavy atom. The molecule has 0 unspecified atom stereocenters. The van der Waals surface area contributed by atoms with Crippen LogP contribution in [0.15, 0.2) is 48.9 Å². The first-order chi connectivity index (χ1) is 13.5. The largest absolute Gasteiger partial charge is 0.338 e. The molecule has 6 heteroatoms. The van der Waals surface area contributed by atoms with E-state index in [0.717, 1.165) is 41.1 Å². The maximum atomic E-state index is 6.53. The van der Waals surface area contributed by atoms with Gasteiger partial charge in [-0.15, -0.1) is 0 Å². The number of nitrogens with zero attached hydrogens (tertiary/aromatic N) is 4. The van der Waals surface area contributed by atoms with Crippen molar-refractivity contribution in [1.29, 1.82) is 0 Å². The average molecular weight is 392 g/mol. The van der Waals surface area contributed by atoms with Crippen LogP contribution in [-0.2, 0) is 6.42 Å². The first-order valence-corrected chi connectivity index (χ1v) is 9.76. The zero-order valence-electron chi connectivity index (χ0n) is 16.2. The van der Waals surface area contributed by atoms with E-state index < -0.39 is 0 Å². The van der Waals surface area contributed by atoms with Crippen LogP contribution < -0.4 is 5.32 Å². The van der Waals surface area contributed by atoms with Crippen molar-refractivity contribution in [1.82, 2.24) is 19.4 Å². The van der Waals surface area contributed by atoms with E-state index in [1.807, 2.05) is 31.3 Å². The third-order valence-electron chi connectivity index (χ3n) is 4.66. The van der Waals surface area contributed by atoms with Crippen molar-refractivity contribution >= 4 is 28.8 Å². The van der Waals surface area contributed by atoms with Crippen molar-refractivity contribution in [3.8, 4) is 11.3 Å². The highest BCUT2D eigenvalue weighted by Crippen LogP contribution is 2.31. The lowest BCUT2D eigenvalue weighted by Gasteiger charge is -2.09. The van der Waals surface area contributed by atoms with Gasteiger partial charge in [0.15, 0.2) is 0 Å². The number of rotatable bonds is 5. The summed E-state index contributed by atoms with van der Waals surface area (Å²) in [5.41, 5.74) is 6.98. The summed E-state index contributed by atoms with van der Waals surface area (Å²) in [5, 5.41) is 3.77. The number of pyridine rings is 3. The molecule has 4 rings (SSSR count). The lowest BCUT2D eigenvalue weighted by molar-refractivity contribution is 0.869. The summed E-state index contributed by atoms with van der Waals surface area (Å²) in [7, 11) is 0. The summed E-state index contributed by atoms with van der Waals surface area (Å²) in [6.45, 7) is 6.20. The number of anilines is 2. The molecule has 0 aromatic carbocycles. The molecular formula is C22H22ClN5. The molecule has 1 N–H and O–H groups in total. The van der Waals surface area contributed by atoms with Crippen molar-refractivity contribution in [3.05, 3.63) is 70.9 Å². The molecule has 5 nitrogen and oxygen atoms in total. The van der Waals surface area contributed by atoms with Crippen LogP contribution in [0.5, 0.6) is 0 Å². The zero-order chi connectivity index (χ0) is 19.7. The van der Waals surface area contributed by atoms with E-state index in [9.17, 15) is 0 Å². The minimum absolute atomic E-state index is 0.550. The molecule has 0 spiro atoms. The lowest BCUT2D eigenvalue weighted by Crippen LogP contribution is -1.97. The van der Waals surface area contributed by atoms with Gasteiger partial charge in [-0.3, -0.25) is 4.98 Å². The highest BCUT2D eigenvalue weighted by atomic mass is 35.5. The zero-order valence-corrected chi connectivity index (χ0v) is 17.0. The Labute approximate surface area is 169 Å². The molecule has 0 atom stereocenters. The topological polar surface area (TPSA) is 55.1 Å². The van der Waals surface area contributed by atoms with Gasteiger partial charge in [0.2, 0.25) is 0 Å². The normalized spacial score (nSPS) is 11.1. The minimum Gasteiger partial charge on any atom is -0.338 e. The highest BCUT2D eigenvalue weighted by molar-refractivity contribution is 6.33. The van der Waals surface area contributed by atoms with Crippen LogP contribution in [0.1, 0.15) is 30.3 Å².